The summed E-state index contributed by atoms with van der Waals surface area (Å²) in [5.41, 5.74) is 1.57. The van der Waals surface area contributed by atoms with Crippen LogP contribution in [0, 0.1) is 5.92 Å². The molecule has 3 heterocycles. The topological polar surface area (TPSA) is 108 Å². The quantitative estimate of drug-likeness (QED) is 0.605. The summed E-state index contributed by atoms with van der Waals surface area (Å²) in [4.78, 5) is 50.2. The van der Waals surface area contributed by atoms with Crippen molar-refractivity contribution in [2.75, 3.05) is 13.1 Å². The molecule has 8 nitrogen and oxygen atoms in total. The van der Waals surface area contributed by atoms with Crippen LogP contribution in [-0.2, 0) is 16.1 Å². The van der Waals surface area contributed by atoms with Crippen molar-refractivity contribution in [1.82, 2.24) is 20.9 Å². The van der Waals surface area contributed by atoms with Crippen molar-refractivity contribution in [1.29, 1.82) is 0 Å². The maximum Gasteiger partial charge on any atom is 0.262 e. The van der Waals surface area contributed by atoms with Crippen LogP contribution < -0.4 is 16.0 Å². The highest BCUT2D eigenvalue weighted by Gasteiger charge is 2.44. The van der Waals surface area contributed by atoms with Gasteiger partial charge in [0, 0.05) is 25.6 Å². The van der Waals surface area contributed by atoms with Gasteiger partial charge in [-0.05, 0) is 43.0 Å². The molecule has 0 aromatic heterocycles. The highest BCUT2D eigenvalue weighted by atomic mass is 16.2. The molecule has 1 unspecified atom stereocenters. The zero-order valence-corrected chi connectivity index (χ0v) is 16.5. The standard InChI is InChI=1S/C21H26N4O4/c1-2-3-13-10-22-11-16(13)23-9-12-4-5-14-15(8-12)21(29)25(20(14)28)17-6-7-18(26)24-19(17)27/h4-5,8,13,16-17,22-23H,2-3,6-7,9-11H2,1H3,(H,24,26,27)/t13-,16+,17?/m1/s1. The van der Waals surface area contributed by atoms with E-state index >= 15 is 0 Å². The molecule has 0 spiro atoms. The molecule has 3 aliphatic rings. The van der Waals surface area contributed by atoms with Crippen LogP contribution in [0.15, 0.2) is 18.2 Å². The van der Waals surface area contributed by atoms with Gasteiger partial charge in [-0.2, -0.15) is 0 Å². The maximum absolute atomic E-state index is 12.9. The van der Waals surface area contributed by atoms with Crippen LogP contribution in [-0.4, -0.2) is 53.7 Å². The smallest absolute Gasteiger partial charge is 0.262 e. The van der Waals surface area contributed by atoms with Crippen molar-refractivity contribution in [2.24, 2.45) is 5.92 Å². The van der Waals surface area contributed by atoms with Gasteiger partial charge in [0.05, 0.1) is 11.1 Å². The monoisotopic (exact) mass is 398 g/mol. The Bertz CT molecular complexity index is 868. The van der Waals surface area contributed by atoms with E-state index in [0.717, 1.165) is 30.0 Å². The van der Waals surface area contributed by atoms with Gasteiger partial charge in [-0.3, -0.25) is 29.4 Å². The number of piperidine rings is 1. The van der Waals surface area contributed by atoms with Gasteiger partial charge in [-0.15, -0.1) is 0 Å². The third-order valence-electron chi connectivity index (χ3n) is 6.07. The number of rotatable bonds is 6. The first kappa shape index (κ1) is 19.7. The summed E-state index contributed by atoms with van der Waals surface area (Å²) < 4.78 is 0. The summed E-state index contributed by atoms with van der Waals surface area (Å²) in [5.74, 6) is -1.30. The van der Waals surface area contributed by atoms with Crippen molar-refractivity contribution in [3.8, 4) is 0 Å². The van der Waals surface area contributed by atoms with Crippen LogP contribution in [0.4, 0.5) is 0 Å². The Labute approximate surface area is 169 Å². The molecule has 1 aromatic carbocycles. The Morgan fingerprint density at radius 3 is 2.66 bits per heavy atom. The molecule has 4 rings (SSSR count). The molecular weight excluding hydrogens is 372 g/mol. The van der Waals surface area contributed by atoms with E-state index in [-0.39, 0.29) is 18.7 Å². The Morgan fingerprint density at radius 1 is 1.10 bits per heavy atom. The Hall–Kier alpha value is -2.58. The number of amides is 4. The predicted molar refractivity (Wildman–Crippen MR) is 105 cm³/mol. The van der Waals surface area contributed by atoms with Crippen molar-refractivity contribution < 1.29 is 19.2 Å². The second-order valence-electron chi connectivity index (χ2n) is 8.02. The van der Waals surface area contributed by atoms with Gasteiger partial charge in [0.2, 0.25) is 11.8 Å². The number of benzene rings is 1. The second-order valence-corrected chi connectivity index (χ2v) is 8.02. The van der Waals surface area contributed by atoms with Gasteiger partial charge in [0.1, 0.15) is 6.04 Å². The van der Waals surface area contributed by atoms with Crippen LogP contribution in [0.3, 0.4) is 0 Å². The number of imide groups is 2. The lowest BCUT2D eigenvalue weighted by atomic mass is 9.98. The van der Waals surface area contributed by atoms with E-state index in [0.29, 0.717) is 29.6 Å². The van der Waals surface area contributed by atoms with Crippen molar-refractivity contribution >= 4 is 23.6 Å². The largest absolute Gasteiger partial charge is 0.315 e. The molecule has 0 radical (unpaired) electrons. The minimum atomic E-state index is -0.930. The van der Waals surface area contributed by atoms with Crippen LogP contribution in [0.1, 0.15) is 58.9 Å². The highest BCUT2D eigenvalue weighted by Crippen LogP contribution is 2.28. The number of nitrogens with one attached hydrogen (secondary N) is 3. The van der Waals surface area contributed by atoms with Gasteiger partial charge in [-0.1, -0.05) is 19.4 Å². The zero-order chi connectivity index (χ0) is 20.5. The van der Waals surface area contributed by atoms with Gasteiger partial charge >= 0.3 is 0 Å². The van der Waals surface area contributed by atoms with Gasteiger partial charge < -0.3 is 10.6 Å². The van der Waals surface area contributed by atoms with Crippen LogP contribution in [0.25, 0.3) is 0 Å². The minimum Gasteiger partial charge on any atom is -0.315 e. The van der Waals surface area contributed by atoms with Crippen LogP contribution in [0.2, 0.25) is 0 Å². The van der Waals surface area contributed by atoms with E-state index in [9.17, 15) is 19.2 Å². The third-order valence-corrected chi connectivity index (χ3v) is 6.07. The zero-order valence-electron chi connectivity index (χ0n) is 16.5. The number of hydrogen-bond acceptors (Lipinski definition) is 6. The molecule has 2 saturated heterocycles. The first-order valence-electron chi connectivity index (χ1n) is 10.3. The van der Waals surface area contributed by atoms with E-state index in [1.165, 1.54) is 6.42 Å². The minimum absolute atomic E-state index is 0.118. The van der Waals surface area contributed by atoms with Crippen LogP contribution >= 0.6 is 0 Å². The number of nitrogens with zero attached hydrogens (tertiary/aromatic N) is 1. The molecule has 154 valence electrons. The summed E-state index contributed by atoms with van der Waals surface area (Å²) in [6.45, 7) is 4.74. The summed E-state index contributed by atoms with van der Waals surface area (Å²) in [6.07, 6.45) is 2.60. The average molecular weight is 398 g/mol. The normalized spacial score (nSPS) is 26.8. The summed E-state index contributed by atoms with van der Waals surface area (Å²) >= 11 is 0. The van der Waals surface area contributed by atoms with E-state index < -0.39 is 23.8 Å². The van der Waals surface area contributed by atoms with Crippen molar-refractivity contribution in [3.05, 3.63) is 34.9 Å². The summed E-state index contributed by atoms with van der Waals surface area (Å²) in [7, 11) is 0. The first-order chi connectivity index (χ1) is 14.0. The molecule has 3 N–H and O–H groups in total. The molecule has 1 aromatic rings. The SMILES string of the molecule is CCC[C@@H]1CNC[C@@H]1NCc1ccc2c(c1)C(=O)N(C1CCC(=O)NC1=O)C2=O. The second kappa shape index (κ2) is 8.04. The maximum atomic E-state index is 12.9. The molecule has 29 heavy (non-hydrogen) atoms. The van der Waals surface area contributed by atoms with Gasteiger partial charge in [-0.25, -0.2) is 0 Å². The molecule has 0 saturated carbocycles. The van der Waals surface area contributed by atoms with Gasteiger partial charge in [0.25, 0.3) is 11.8 Å². The molecular formula is C21H26N4O4. The molecule has 3 atom stereocenters. The molecule has 8 heteroatoms. The third kappa shape index (κ3) is 3.70. The molecule has 4 amide bonds. The Morgan fingerprint density at radius 2 is 1.90 bits per heavy atom. The van der Waals surface area contributed by atoms with E-state index in [1.54, 1.807) is 12.1 Å². The fourth-order valence-corrected chi connectivity index (χ4v) is 4.52. The van der Waals surface area contributed by atoms with E-state index in [4.69, 9.17) is 0 Å². The molecule has 0 aliphatic carbocycles. The van der Waals surface area contributed by atoms with Crippen LogP contribution in [0.5, 0.6) is 0 Å². The van der Waals surface area contributed by atoms with Crippen molar-refractivity contribution in [3.63, 3.8) is 0 Å². The Kier molecular flexibility index (Phi) is 5.47. The number of fused-ring (bicyclic) bond motifs is 1. The summed E-state index contributed by atoms with van der Waals surface area (Å²) in [5, 5.41) is 9.19. The lowest BCUT2D eigenvalue weighted by Gasteiger charge is -2.27. The number of carbonyl (C=O) groups excluding carboxylic acids is 4. The average Bonchev–Trinajstić information content (AvgIpc) is 3.24. The lowest BCUT2D eigenvalue weighted by molar-refractivity contribution is -0.136. The first-order valence-corrected chi connectivity index (χ1v) is 10.3. The fourth-order valence-electron chi connectivity index (χ4n) is 4.52. The predicted octanol–water partition coefficient (Wildman–Crippen LogP) is 0.566. The highest BCUT2D eigenvalue weighted by molar-refractivity contribution is 6.23. The molecule has 2 fully saturated rings. The van der Waals surface area contributed by atoms with E-state index in [1.807, 2.05) is 6.07 Å². The molecule has 3 aliphatic heterocycles. The number of hydrogen-bond donors (Lipinski definition) is 3. The van der Waals surface area contributed by atoms with Gasteiger partial charge in [0.15, 0.2) is 0 Å². The Balaban J connectivity index is 1.47. The summed E-state index contributed by atoms with van der Waals surface area (Å²) in [6, 6.07) is 4.71. The number of carbonyl (C=O) groups is 4. The molecule has 0 bridgehead atoms. The fraction of sp³-hybridized carbons (Fsp3) is 0.524. The van der Waals surface area contributed by atoms with E-state index in [2.05, 4.69) is 22.9 Å². The lowest BCUT2D eigenvalue weighted by Crippen LogP contribution is -2.54. The van der Waals surface area contributed by atoms with Crippen molar-refractivity contribution in [2.45, 2.75) is 51.2 Å².